The second-order valence-corrected chi connectivity index (χ2v) is 12.0. The Morgan fingerprint density at radius 3 is 2.43 bits per heavy atom. The third kappa shape index (κ3) is 6.96. The Hall–Kier alpha value is -5.26. The summed E-state index contributed by atoms with van der Waals surface area (Å²) in [5.41, 5.74) is 7.08. The molecule has 2 fully saturated rings. The number of carbonyl (C=O) groups excluding carboxylic acids is 1. The maximum atomic E-state index is 12.2. The maximum absolute atomic E-state index is 12.2. The van der Waals surface area contributed by atoms with E-state index in [1.54, 1.807) is 0 Å². The van der Waals surface area contributed by atoms with Crippen LogP contribution >= 0.6 is 0 Å². The lowest BCUT2D eigenvalue weighted by Crippen LogP contribution is -2.44. The van der Waals surface area contributed by atoms with Gasteiger partial charge in [0.1, 0.15) is 5.82 Å². The number of allylic oxidation sites excluding steroid dienone is 1. The first-order valence-electron chi connectivity index (χ1n) is 16.0. The van der Waals surface area contributed by atoms with Crippen LogP contribution in [0.2, 0.25) is 0 Å². The third-order valence-corrected chi connectivity index (χ3v) is 8.70. The molecule has 0 spiro atoms. The molecule has 0 bridgehead atoms. The monoisotopic (exact) mass is 629 g/mol. The Morgan fingerprint density at radius 2 is 1.64 bits per heavy atom. The van der Waals surface area contributed by atoms with E-state index in [2.05, 4.69) is 91.6 Å². The summed E-state index contributed by atoms with van der Waals surface area (Å²) in [6, 6.07) is 24.6. The van der Waals surface area contributed by atoms with Crippen molar-refractivity contribution in [3.8, 4) is 11.3 Å². The highest BCUT2D eigenvalue weighted by Crippen LogP contribution is 2.34. The number of piperazine rings is 1. The third-order valence-electron chi connectivity index (χ3n) is 8.70. The van der Waals surface area contributed by atoms with E-state index in [9.17, 15) is 4.79 Å². The van der Waals surface area contributed by atoms with Gasteiger partial charge in [0.25, 0.3) is 0 Å². The fourth-order valence-corrected chi connectivity index (χ4v) is 6.08. The van der Waals surface area contributed by atoms with Crippen molar-refractivity contribution in [1.82, 2.24) is 25.1 Å². The number of benzene rings is 3. The van der Waals surface area contributed by atoms with E-state index in [0.29, 0.717) is 23.1 Å². The Balaban J connectivity index is 1.22. The van der Waals surface area contributed by atoms with Gasteiger partial charge in [-0.1, -0.05) is 30.8 Å². The molecule has 11 nitrogen and oxygen atoms in total. The Labute approximate surface area is 274 Å². The lowest BCUT2D eigenvalue weighted by atomic mass is 10.0. The number of fused-ring (bicyclic) bond motifs is 1. The molecule has 2 aromatic heterocycles. The topological polar surface area (TPSA) is 115 Å². The smallest absolute Gasteiger partial charge is 0.229 e. The van der Waals surface area contributed by atoms with Crippen molar-refractivity contribution in [3.63, 3.8) is 0 Å². The first kappa shape index (κ1) is 30.4. The molecule has 240 valence electrons. The molecule has 2 aliphatic heterocycles. The number of aromatic amines is 1. The first-order chi connectivity index (χ1) is 23.0. The summed E-state index contributed by atoms with van der Waals surface area (Å²) < 4.78 is 5.50. The van der Waals surface area contributed by atoms with Crippen LogP contribution in [-0.4, -0.2) is 90.4 Å². The molecule has 0 amide bonds. The molecule has 4 heterocycles. The molecule has 0 unspecified atom stereocenters. The van der Waals surface area contributed by atoms with E-state index in [1.807, 2.05) is 30.3 Å². The summed E-state index contributed by atoms with van der Waals surface area (Å²) in [6.45, 7) is 10.9. The van der Waals surface area contributed by atoms with Gasteiger partial charge in [-0.05, 0) is 67.2 Å². The van der Waals surface area contributed by atoms with E-state index < -0.39 is 0 Å². The Kier molecular flexibility index (Phi) is 8.81. The van der Waals surface area contributed by atoms with Crippen molar-refractivity contribution < 1.29 is 9.53 Å². The number of ether oxygens (including phenoxy) is 1. The van der Waals surface area contributed by atoms with E-state index in [0.717, 1.165) is 91.7 Å². The number of hydrogen-bond acceptors (Lipinski definition) is 10. The highest BCUT2D eigenvalue weighted by molar-refractivity contribution is 6.01. The largest absolute Gasteiger partial charge is 0.378 e. The van der Waals surface area contributed by atoms with E-state index in [-0.39, 0.29) is 12.2 Å². The van der Waals surface area contributed by atoms with Crippen LogP contribution in [0.3, 0.4) is 0 Å². The minimum absolute atomic E-state index is 0.0382. The Morgan fingerprint density at radius 1 is 0.872 bits per heavy atom. The van der Waals surface area contributed by atoms with Gasteiger partial charge in [-0.25, -0.2) is 4.98 Å². The van der Waals surface area contributed by atoms with Gasteiger partial charge in [-0.3, -0.25) is 9.89 Å². The molecule has 2 aliphatic rings. The number of nitrogens with zero attached hydrogens (tertiary/aromatic N) is 6. The standard InChI is InChI=1S/C36H39N9O2/c1-3-31(46)23-25-6-4-7-26(22-25)33-32-34(37-27-10-12-29(13-11-27)45-18-20-47-21-19-45)41-42-35(32)40-36(39-33)38-28-8-5-9-30(24-28)44-16-14-43(2)15-17-44/h3-13,22,24H,1,14-21,23H2,2H3,(H3,37,38,39,40,41,42). The van der Waals surface area contributed by atoms with Gasteiger partial charge in [-0.15, -0.1) is 0 Å². The SMILES string of the molecule is C=CC(=O)Cc1cccc(-c2nc(Nc3cccc(N4CCN(C)CC4)c3)nc3n[nH]c(Nc4ccc(N5CCOCC5)cc4)c23)c1. The molecular weight excluding hydrogens is 590 g/mol. The molecule has 7 rings (SSSR count). The number of nitrogens with one attached hydrogen (secondary N) is 3. The molecule has 3 aromatic carbocycles. The highest BCUT2D eigenvalue weighted by Gasteiger charge is 2.19. The van der Waals surface area contributed by atoms with Crippen LogP contribution in [0, 0.1) is 0 Å². The molecule has 11 heteroatoms. The van der Waals surface area contributed by atoms with Crippen LogP contribution in [-0.2, 0) is 16.0 Å². The summed E-state index contributed by atoms with van der Waals surface area (Å²) in [5, 5.41) is 15.4. The predicted molar refractivity (Wildman–Crippen MR) is 188 cm³/mol. The van der Waals surface area contributed by atoms with Crippen LogP contribution < -0.4 is 20.4 Å². The first-order valence-corrected chi connectivity index (χ1v) is 16.0. The van der Waals surface area contributed by atoms with Crippen LogP contribution in [0.4, 0.5) is 34.5 Å². The quantitative estimate of drug-likeness (QED) is 0.174. The van der Waals surface area contributed by atoms with Crippen molar-refractivity contribution in [3.05, 3.63) is 91.0 Å². The van der Waals surface area contributed by atoms with E-state index >= 15 is 0 Å². The number of ketones is 1. The molecule has 2 saturated heterocycles. The van der Waals surface area contributed by atoms with Crippen LogP contribution in [0.25, 0.3) is 22.3 Å². The second kappa shape index (κ2) is 13.6. The minimum Gasteiger partial charge on any atom is -0.378 e. The van der Waals surface area contributed by atoms with Gasteiger partial charge in [-0.2, -0.15) is 10.1 Å². The number of H-pyrrole nitrogens is 1. The van der Waals surface area contributed by atoms with Gasteiger partial charge in [0.15, 0.2) is 11.4 Å². The number of morpholine rings is 1. The molecule has 0 radical (unpaired) electrons. The number of likely N-dealkylation sites (N-methyl/N-ethyl adjacent to an activating group) is 1. The second-order valence-electron chi connectivity index (χ2n) is 12.0. The van der Waals surface area contributed by atoms with Gasteiger partial charge >= 0.3 is 0 Å². The number of anilines is 6. The molecular formula is C36H39N9O2. The molecule has 0 aliphatic carbocycles. The average Bonchev–Trinajstić information content (AvgIpc) is 3.51. The van der Waals surface area contributed by atoms with Gasteiger partial charge < -0.3 is 30.1 Å². The van der Waals surface area contributed by atoms with E-state index in [1.165, 1.54) is 6.08 Å². The van der Waals surface area contributed by atoms with Crippen molar-refractivity contribution in [2.45, 2.75) is 6.42 Å². The lowest BCUT2D eigenvalue weighted by molar-refractivity contribution is -0.114. The fourth-order valence-electron chi connectivity index (χ4n) is 6.08. The number of aromatic nitrogens is 4. The molecule has 0 saturated carbocycles. The van der Waals surface area contributed by atoms with Gasteiger partial charge in [0.2, 0.25) is 5.95 Å². The van der Waals surface area contributed by atoms with E-state index in [4.69, 9.17) is 14.7 Å². The Bertz CT molecular complexity index is 1870. The zero-order valence-corrected chi connectivity index (χ0v) is 26.6. The number of rotatable bonds is 10. The summed E-state index contributed by atoms with van der Waals surface area (Å²) in [6.07, 6.45) is 1.62. The molecule has 0 atom stereocenters. The summed E-state index contributed by atoms with van der Waals surface area (Å²) in [5.74, 6) is 1.08. The van der Waals surface area contributed by atoms with Crippen LogP contribution in [0.15, 0.2) is 85.5 Å². The normalized spacial score (nSPS) is 15.5. The minimum atomic E-state index is -0.0382. The predicted octanol–water partition coefficient (Wildman–Crippen LogP) is 5.39. The van der Waals surface area contributed by atoms with Crippen LogP contribution in [0.1, 0.15) is 5.56 Å². The average molecular weight is 630 g/mol. The van der Waals surface area contributed by atoms with Crippen LogP contribution in [0.5, 0.6) is 0 Å². The zero-order valence-electron chi connectivity index (χ0n) is 26.6. The lowest BCUT2D eigenvalue weighted by Gasteiger charge is -2.34. The highest BCUT2D eigenvalue weighted by atomic mass is 16.5. The van der Waals surface area contributed by atoms with Gasteiger partial charge in [0.05, 0.1) is 24.3 Å². The van der Waals surface area contributed by atoms with Gasteiger partial charge in [0, 0.05) is 74.0 Å². The maximum Gasteiger partial charge on any atom is 0.229 e. The molecule has 47 heavy (non-hydrogen) atoms. The summed E-state index contributed by atoms with van der Waals surface area (Å²) >= 11 is 0. The fraction of sp³-hybridized carbons (Fsp3) is 0.278. The molecule has 3 N–H and O–H groups in total. The number of carbonyl (C=O) groups is 1. The summed E-state index contributed by atoms with van der Waals surface area (Å²) in [4.78, 5) is 29.1. The van der Waals surface area contributed by atoms with Crippen molar-refractivity contribution in [1.29, 1.82) is 0 Å². The van der Waals surface area contributed by atoms with Crippen molar-refractivity contribution >= 4 is 51.3 Å². The summed E-state index contributed by atoms with van der Waals surface area (Å²) in [7, 11) is 2.16. The van der Waals surface area contributed by atoms with Crippen molar-refractivity contribution in [2.24, 2.45) is 0 Å². The van der Waals surface area contributed by atoms with Crippen molar-refractivity contribution in [2.75, 3.05) is 80.0 Å². The number of hydrogen-bond donors (Lipinski definition) is 3. The zero-order chi connectivity index (χ0) is 32.2. The molecule has 5 aromatic rings.